The molecule has 184 valence electrons. The maximum absolute atomic E-state index is 13.2. The number of carbonyl (C=O) groups excluding carboxylic acids is 2. The molecule has 1 saturated heterocycles. The Kier molecular flexibility index (Phi) is 6.52. The molecule has 1 aliphatic carbocycles. The molecule has 1 aromatic carbocycles. The molecule has 0 radical (unpaired) electrons. The van der Waals surface area contributed by atoms with Crippen molar-refractivity contribution in [2.75, 3.05) is 25.1 Å². The van der Waals surface area contributed by atoms with Crippen molar-refractivity contribution < 1.29 is 14.3 Å². The predicted octanol–water partition coefficient (Wildman–Crippen LogP) is 1.45. The van der Waals surface area contributed by atoms with Gasteiger partial charge < -0.3 is 20.3 Å². The number of hydrogen-bond donors (Lipinski definition) is 2. The van der Waals surface area contributed by atoms with E-state index < -0.39 is 6.04 Å². The van der Waals surface area contributed by atoms with Crippen LogP contribution in [0.3, 0.4) is 0 Å². The lowest BCUT2D eigenvalue weighted by Gasteiger charge is -2.35. The highest BCUT2D eigenvalue weighted by atomic mass is 16.5. The SMILES string of the molecule is COc1ccccc1CC(NC(C)=O)C(=O)NC1CCN(c2c3c(nc4ncnn24)CCC3)CC1. The Balaban J connectivity index is 1.26. The average Bonchev–Trinajstić information content (AvgIpc) is 3.52. The second-order valence-corrected chi connectivity index (χ2v) is 9.23. The van der Waals surface area contributed by atoms with E-state index in [1.165, 1.54) is 12.5 Å². The van der Waals surface area contributed by atoms with Crippen molar-refractivity contribution in [3.8, 4) is 5.75 Å². The molecule has 1 aliphatic heterocycles. The molecule has 0 saturated carbocycles. The average molecular weight is 478 g/mol. The summed E-state index contributed by atoms with van der Waals surface area (Å²) in [6, 6.07) is 6.93. The number of hydrogen-bond acceptors (Lipinski definition) is 7. The summed E-state index contributed by atoms with van der Waals surface area (Å²) in [7, 11) is 1.60. The van der Waals surface area contributed by atoms with Crippen molar-refractivity contribution in [2.24, 2.45) is 0 Å². The summed E-state index contributed by atoms with van der Waals surface area (Å²) in [5.41, 5.74) is 3.28. The van der Waals surface area contributed by atoms with Crippen molar-refractivity contribution in [1.82, 2.24) is 30.2 Å². The quantitative estimate of drug-likeness (QED) is 0.530. The number of aromatic nitrogens is 4. The molecule has 3 heterocycles. The van der Waals surface area contributed by atoms with Crippen LogP contribution in [0.15, 0.2) is 30.6 Å². The molecule has 2 amide bonds. The lowest BCUT2D eigenvalue weighted by atomic mass is 10.0. The largest absolute Gasteiger partial charge is 0.496 e. The van der Waals surface area contributed by atoms with Gasteiger partial charge in [-0.3, -0.25) is 9.59 Å². The smallest absolute Gasteiger partial charge is 0.254 e. The zero-order valence-corrected chi connectivity index (χ0v) is 20.2. The Hall–Kier alpha value is -3.69. The summed E-state index contributed by atoms with van der Waals surface area (Å²) in [4.78, 5) is 36.3. The number of rotatable bonds is 7. The molecule has 2 N–H and O–H groups in total. The van der Waals surface area contributed by atoms with Crippen LogP contribution < -0.4 is 20.3 Å². The van der Waals surface area contributed by atoms with Crippen LogP contribution >= 0.6 is 0 Å². The normalized spacial score (nSPS) is 16.7. The summed E-state index contributed by atoms with van der Waals surface area (Å²) >= 11 is 0. The van der Waals surface area contributed by atoms with Gasteiger partial charge in [-0.2, -0.15) is 14.6 Å². The van der Waals surface area contributed by atoms with Crippen LogP contribution in [-0.2, 0) is 28.9 Å². The first-order chi connectivity index (χ1) is 17.0. The van der Waals surface area contributed by atoms with E-state index in [4.69, 9.17) is 4.74 Å². The summed E-state index contributed by atoms with van der Waals surface area (Å²) in [6.45, 7) is 3.03. The number of benzene rings is 1. The molecule has 35 heavy (non-hydrogen) atoms. The number of aryl methyl sites for hydroxylation is 1. The van der Waals surface area contributed by atoms with Gasteiger partial charge in [-0.15, -0.1) is 0 Å². The van der Waals surface area contributed by atoms with Gasteiger partial charge in [-0.25, -0.2) is 4.98 Å². The van der Waals surface area contributed by atoms with Crippen molar-refractivity contribution in [3.63, 3.8) is 0 Å². The van der Waals surface area contributed by atoms with E-state index in [9.17, 15) is 9.59 Å². The van der Waals surface area contributed by atoms with E-state index in [2.05, 4.69) is 30.6 Å². The van der Waals surface area contributed by atoms with Crippen molar-refractivity contribution >= 4 is 23.4 Å². The molecular formula is C25H31N7O3. The second kappa shape index (κ2) is 9.89. The van der Waals surface area contributed by atoms with Gasteiger partial charge in [0.1, 0.15) is 23.9 Å². The molecule has 0 spiro atoms. The molecule has 2 aliphatic rings. The second-order valence-electron chi connectivity index (χ2n) is 9.23. The standard InChI is InChI=1S/C25H31N7O3/c1-16(33)28-21(14-17-6-3-4-9-22(17)35-2)23(34)29-18-10-12-31(13-11-18)24-19-7-5-8-20(19)30-25-26-15-27-32(24)25/h3-4,6,9,15,18,21H,5,7-8,10-14H2,1-2H3,(H,28,33)(H,29,34). The number of anilines is 1. The number of nitrogens with zero attached hydrogens (tertiary/aromatic N) is 5. The van der Waals surface area contributed by atoms with E-state index in [0.29, 0.717) is 17.9 Å². The van der Waals surface area contributed by atoms with Crippen molar-refractivity contribution in [1.29, 1.82) is 0 Å². The lowest BCUT2D eigenvalue weighted by molar-refractivity contribution is -0.128. The number of carbonyl (C=O) groups is 2. The van der Waals surface area contributed by atoms with E-state index in [1.807, 2.05) is 28.8 Å². The van der Waals surface area contributed by atoms with Crippen LogP contribution in [0.5, 0.6) is 5.75 Å². The topological polar surface area (TPSA) is 114 Å². The fourth-order valence-corrected chi connectivity index (χ4v) is 5.21. The van der Waals surface area contributed by atoms with Gasteiger partial charge in [-0.1, -0.05) is 18.2 Å². The first kappa shape index (κ1) is 23.1. The molecular weight excluding hydrogens is 446 g/mol. The van der Waals surface area contributed by atoms with Crippen molar-refractivity contribution in [3.05, 3.63) is 47.4 Å². The molecule has 5 rings (SSSR count). The molecule has 0 bridgehead atoms. The molecule has 2 aromatic heterocycles. The maximum atomic E-state index is 13.2. The maximum Gasteiger partial charge on any atom is 0.254 e. The molecule has 1 unspecified atom stereocenters. The number of nitrogens with one attached hydrogen (secondary N) is 2. The van der Waals surface area contributed by atoms with Gasteiger partial charge in [0.15, 0.2) is 0 Å². The van der Waals surface area contributed by atoms with E-state index in [0.717, 1.165) is 62.3 Å². The summed E-state index contributed by atoms with van der Waals surface area (Å²) in [6.07, 6.45) is 6.62. The summed E-state index contributed by atoms with van der Waals surface area (Å²) < 4.78 is 7.28. The first-order valence-corrected chi connectivity index (χ1v) is 12.2. The zero-order chi connectivity index (χ0) is 24.4. The van der Waals surface area contributed by atoms with Gasteiger partial charge in [-0.05, 0) is 43.7 Å². The Morgan fingerprint density at radius 1 is 1.20 bits per heavy atom. The van der Waals surface area contributed by atoms with Gasteiger partial charge in [0.25, 0.3) is 5.78 Å². The van der Waals surface area contributed by atoms with Gasteiger partial charge in [0.05, 0.1) is 12.8 Å². The lowest BCUT2D eigenvalue weighted by Crippen LogP contribution is -2.52. The third-order valence-corrected chi connectivity index (χ3v) is 6.88. The Morgan fingerprint density at radius 2 is 2.00 bits per heavy atom. The fraction of sp³-hybridized carbons (Fsp3) is 0.480. The minimum Gasteiger partial charge on any atom is -0.496 e. The Bertz CT molecular complexity index is 1230. The van der Waals surface area contributed by atoms with E-state index >= 15 is 0 Å². The fourth-order valence-electron chi connectivity index (χ4n) is 5.21. The van der Waals surface area contributed by atoms with Gasteiger partial charge in [0, 0.05) is 38.0 Å². The van der Waals surface area contributed by atoms with Crippen LogP contribution in [0.1, 0.15) is 43.0 Å². The first-order valence-electron chi connectivity index (χ1n) is 12.2. The van der Waals surface area contributed by atoms with Crippen LogP contribution in [0.2, 0.25) is 0 Å². The van der Waals surface area contributed by atoms with E-state index in [1.54, 1.807) is 13.4 Å². The Labute approximate surface area is 204 Å². The monoisotopic (exact) mass is 477 g/mol. The number of para-hydroxylation sites is 1. The molecule has 1 atom stereocenters. The molecule has 10 heteroatoms. The molecule has 10 nitrogen and oxygen atoms in total. The zero-order valence-electron chi connectivity index (χ0n) is 20.2. The number of ether oxygens (including phenoxy) is 1. The third-order valence-electron chi connectivity index (χ3n) is 6.88. The molecule has 1 fully saturated rings. The highest BCUT2D eigenvalue weighted by Crippen LogP contribution is 2.32. The van der Waals surface area contributed by atoms with Crippen LogP contribution in [-0.4, -0.2) is 63.7 Å². The number of fused-ring (bicyclic) bond motifs is 2. The minimum atomic E-state index is -0.667. The summed E-state index contributed by atoms with van der Waals surface area (Å²) in [5.74, 6) is 2.03. The predicted molar refractivity (Wildman–Crippen MR) is 130 cm³/mol. The van der Waals surface area contributed by atoms with Gasteiger partial charge in [0.2, 0.25) is 11.8 Å². The number of methoxy groups -OCH3 is 1. The van der Waals surface area contributed by atoms with Gasteiger partial charge >= 0.3 is 0 Å². The van der Waals surface area contributed by atoms with Crippen molar-refractivity contribution in [2.45, 2.75) is 57.5 Å². The van der Waals surface area contributed by atoms with E-state index in [-0.39, 0.29) is 17.9 Å². The van der Waals surface area contributed by atoms with Crippen LogP contribution in [0, 0.1) is 0 Å². The summed E-state index contributed by atoms with van der Waals surface area (Å²) in [5, 5.41) is 10.4. The number of amides is 2. The Morgan fingerprint density at radius 3 is 2.77 bits per heavy atom. The van der Waals surface area contributed by atoms with Crippen LogP contribution in [0.4, 0.5) is 5.82 Å². The van der Waals surface area contributed by atoms with Crippen LogP contribution in [0.25, 0.3) is 5.78 Å². The minimum absolute atomic E-state index is 0.0359. The molecule has 3 aromatic rings. The third kappa shape index (κ3) is 4.78. The highest BCUT2D eigenvalue weighted by Gasteiger charge is 2.30. The highest BCUT2D eigenvalue weighted by molar-refractivity contribution is 5.87. The number of piperidine rings is 1.